The molecule has 0 saturated carbocycles. The first-order chi connectivity index (χ1) is 10.7. The number of benzene rings is 1. The van der Waals surface area contributed by atoms with Crippen LogP contribution in [0.25, 0.3) is 16.2 Å². The number of imidazole rings is 1. The van der Waals surface area contributed by atoms with Gasteiger partial charge in [-0.05, 0) is 19.1 Å². The number of anilines is 1. The minimum atomic E-state index is 0.492. The third kappa shape index (κ3) is 2.91. The number of rotatable bonds is 5. The van der Waals surface area contributed by atoms with Gasteiger partial charge in [-0.15, -0.1) is 5.10 Å². The zero-order valence-electron chi connectivity index (χ0n) is 12.0. The van der Waals surface area contributed by atoms with Crippen LogP contribution >= 0.6 is 22.9 Å². The molecule has 2 heterocycles. The van der Waals surface area contributed by atoms with Crippen molar-refractivity contribution in [3.63, 3.8) is 0 Å². The highest BCUT2D eigenvalue weighted by atomic mass is 35.5. The van der Waals surface area contributed by atoms with Crippen molar-refractivity contribution in [3.05, 3.63) is 35.5 Å². The predicted molar refractivity (Wildman–Crippen MR) is 89.4 cm³/mol. The van der Waals surface area contributed by atoms with Crippen molar-refractivity contribution in [2.75, 3.05) is 18.0 Å². The van der Waals surface area contributed by atoms with E-state index in [1.807, 2.05) is 30.5 Å². The second-order valence-corrected chi connectivity index (χ2v) is 6.10. The van der Waals surface area contributed by atoms with E-state index >= 15 is 0 Å². The molecule has 2 aromatic heterocycles. The quantitative estimate of drug-likeness (QED) is 0.712. The summed E-state index contributed by atoms with van der Waals surface area (Å²) < 4.78 is 1.79. The van der Waals surface area contributed by atoms with E-state index in [0.717, 1.165) is 27.9 Å². The Balaban J connectivity index is 1.88. The summed E-state index contributed by atoms with van der Waals surface area (Å²) in [7, 11) is 0. The molecule has 3 rings (SSSR count). The molecular weight excluding hydrogens is 318 g/mol. The van der Waals surface area contributed by atoms with Crippen molar-refractivity contribution >= 4 is 33.0 Å². The fraction of sp³-hybridized carbons (Fsp3) is 0.267. The molecule has 0 aliphatic rings. The summed E-state index contributed by atoms with van der Waals surface area (Å²) in [6.45, 7) is 3.57. The molecule has 22 heavy (non-hydrogen) atoms. The molecule has 0 bridgehead atoms. The van der Waals surface area contributed by atoms with Gasteiger partial charge in [0.1, 0.15) is 0 Å². The van der Waals surface area contributed by atoms with Crippen molar-refractivity contribution in [3.8, 4) is 17.3 Å². The Kier molecular flexibility index (Phi) is 4.27. The Morgan fingerprint density at radius 1 is 1.36 bits per heavy atom. The summed E-state index contributed by atoms with van der Waals surface area (Å²) >= 11 is 7.44. The standard InChI is InChI=1S/C15H14ClN5S/c1-2-20(9-3-8-17)15-19-21-10-13(18-14(21)22-15)11-4-6-12(16)7-5-11/h4-7,10H,2-3,9H2,1H3. The van der Waals surface area contributed by atoms with Crippen molar-refractivity contribution in [2.45, 2.75) is 13.3 Å². The molecule has 5 nitrogen and oxygen atoms in total. The van der Waals surface area contributed by atoms with E-state index in [9.17, 15) is 0 Å². The van der Waals surface area contributed by atoms with Gasteiger partial charge in [-0.25, -0.2) is 9.50 Å². The molecule has 0 fully saturated rings. The van der Waals surface area contributed by atoms with Crippen molar-refractivity contribution in [2.24, 2.45) is 0 Å². The fourth-order valence-corrected chi connectivity index (χ4v) is 3.25. The van der Waals surface area contributed by atoms with Gasteiger partial charge in [0.2, 0.25) is 10.1 Å². The summed E-state index contributed by atoms with van der Waals surface area (Å²) in [6.07, 6.45) is 2.41. The molecule has 0 radical (unpaired) electrons. The van der Waals surface area contributed by atoms with E-state index in [4.69, 9.17) is 16.9 Å². The molecule has 0 aliphatic heterocycles. The molecule has 0 aliphatic carbocycles. The highest BCUT2D eigenvalue weighted by Crippen LogP contribution is 2.27. The maximum Gasteiger partial charge on any atom is 0.214 e. The molecule has 1 aromatic carbocycles. The van der Waals surface area contributed by atoms with Crippen molar-refractivity contribution in [1.82, 2.24) is 14.6 Å². The summed E-state index contributed by atoms with van der Waals surface area (Å²) in [5.74, 6) is 0. The van der Waals surface area contributed by atoms with E-state index in [1.165, 1.54) is 11.3 Å². The second-order valence-electron chi connectivity index (χ2n) is 4.73. The Morgan fingerprint density at radius 2 is 2.14 bits per heavy atom. The minimum absolute atomic E-state index is 0.492. The molecule has 0 spiro atoms. The maximum atomic E-state index is 8.72. The molecule has 0 N–H and O–H groups in total. The molecule has 0 saturated heterocycles. The van der Waals surface area contributed by atoms with Crippen LogP contribution in [0.15, 0.2) is 30.5 Å². The minimum Gasteiger partial charge on any atom is -0.346 e. The van der Waals surface area contributed by atoms with E-state index < -0.39 is 0 Å². The van der Waals surface area contributed by atoms with Gasteiger partial charge in [-0.2, -0.15) is 5.26 Å². The third-order valence-corrected chi connectivity index (χ3v) is 4.55. The van der Waals surface area contributed by atoms with E-state index in [1.54, 1.807) is 4.52 Å². The number of hydrogen-bond donors (Lipinski definition) is 0. The molecule has 0 atom stereocenters. The van der Waals surface area contributed by atoms with Gasteiger partial charge in [0.05, 0.1) is 24.4 Å². The van der Waals surface area contributed by atoms with Gasteiger partial charge in [0, 0.05) is 23.7 Å². The van der Waals surface area contributed by atoms with Crippen LogP contribution in [0, 0.1) is 11.3 Å². The van der Waals surface area contributed by atoms with Crippen LogP contribution < -0.4 is 4.90 Å². The summed E-state index contributed by atoms with van der Waals surface area (Å²) in [5.41, 5.74) is 1.89. The van der Waals surface area contributed by atoms with Crippen LogP contribution in [0.1, 0.15) is 13.3 Å². The first-order valence-electron chi connectivity index (χ1n) is 6.95. The van der Waals surface area contributed by atoms with E-state index in [2.05, 4.69) is 28.0 Å². The molecule has 0 unspecified atom stereocenters. The lowest BCUT2D eigenvalue weighted by Gasteiger charge is -2.16. The molecule has 112 valence electrons. The van der Waals surface area contributed by atoms with Crippen LogP contribution in [0.3, 0.4) is 0 Å². The smallest absolute Gasteiger partial charge is 0.214 e. The lowest BCUT2D eigenvalue weighted by molar-refractivity contribution is 0.802. The van der Waals surface area contributed by atoms with E-state index in [0.29, 0.717) is 18.0 Å². The topological polar surface area (TPSA) is 57.2 Å². The highest BCUT2D eigenvalue weighted by Gasteiger charge is 2.13. The normalized spacial score (nSPS) is 10.8. The van der Waals surface area contributed by atoms with Crippen LogP contribution in [0.5, 0.6) is 0 Å². The number of hydrogen-bond acceptors (Lipinski definition) is 5. The van der Waals surface area contributed by atoms with Crippen LogP contribution in [0.4, 0.5) is 5.13 Å². The van der Waals surface area contributed by atoms with Crippen LogP contribution in [-0.2, 0) is 0 Å². The molecule has 0 amide bonds. The molecular formula is C15H14ClN5S. The van der Waals surface area contributed by atoms with Gasteiger partial charge in [0.15, 0.2) is 0 Å². The first-order valence-corrected chi connectivity index (χ1v) is 8.14. The van der Waals surface area contributed by atoms with Gasteiger partial charge < -0.3 is 4.90 Å². The Hall–Kier alpha value is -2.10. The Morgan fingerprint density at radius 3 is 2.77 bits per heavy atom. The Labute approximate surface area is 137 Å². The van der Waals surface area contributed by atoms with Crippen LogP contribution in [0.2, 0.25) is 5.02 Å². The number of fused-ring (bicyclic) bond motifs is 1. The number of halogens is 1. The zero-order chi connectivity index (χ0) is 15.5. The SMILES string of the molecule is CCN(CCC#N)c1nn2cc(-c3ccc(Cl)cc3)nc2s1. The molecule has 3 aromatic rings. The van der Waals surface area contributed by atoms with Crippen LogP contribution in [-0.4, -0.2) is 27.7 Å². The van der Waals surface area contributed by atoms with Gasteiger partial charge >= 0.3 is 0 Å². The summed E-state index contributed by atoms with van der Waals surface area (Å²) in [4.78, 5) is 7.55. The number of nitrogens with zero attached hydrogens (tertiary/aromatic N) is 5. The van der Waals surface area contributed by atoms with Gasteiger partial charge in [-0.3, -0.25) is 0 Å². The highest BCUT2D eigenvalue weighted by molar-refractivity contribution is 7.20. The van der Waals surface area contributed by atoms with Gasteiger partial charge in [-0.1, -0.05) is 35.1 Å². The van der Waals surface area contributed by atoms with Crippen molar-refractivity contribution in [1.29, 1.82) is 5.26 Å². The zero-order valence-corrected chi connectivity index (χ0v) is 13.6. The number of aromatic nitrogens is 3. The first kappa shape index (κ1) is 14.8. The Bertz CT molecular complexity index is 783. The second kappa shape index (κ2) is 6.34. The monoisotopic (exact) mass is 331 g/mol. The lowest BCUT2D eigenvalue weighted by Crippen LogP contribution is -2.23. The van der Waals surface area contributed by atoms with Gasteiger partial charge in [0.25, 0.3) is 0 Å². The maximum absolute atomic E-state index is 8.72. The molecule has 7 heteroatoms. The van der Waals surface area contributed by atoms with Crippen molar-refractivity contribution < 1.29 is 0 Å². The van der Waals surface area contributed by atoms with E-state index in [-0.39, 0.29) is 0 Å². The average Bonchev–Trinajstić information content (AvgIpc) is 3.07. The predicted octanol–water partition coefficient (Wildman–Crippen LogP) is 3.85. The lowest BCUT2D eigenvalue weighted by atomic mass is 10.2. The fourth-order valence-electron chi connectivity index (χ4n) is 2.15. The number of nitriles is 1. The largest absolute Gasteiger partial charge is 0.346 e. The average molecular weight is 332 g/mol. The summed E-state index contributed by atoms with van der Waals surface area (Å²) in [6, 6.07) is 9.76. The summed E-state index contributed by atoms with van der Waals surface area (Å²) in [5, 5.41) is 14.9. The third-order valence-electron chi connectivity index (χ3n) is 3.32.